The number of fused-ring (bicyclic) bond motifs is 1. The van der Waals surface area contributed by atoms with Crippen LogP contribution in [-0.4, -0.2) is 63.8 Å². The van der Waals surface area contributed by atoms with E-state index >= 15 is 0 Å². The monoisotopic (exact) mass is 415 g/mol. The summed E-state index contributed by atoms with van der Waals surface area (Å²) < 4.78 is 9.04. The minimum atomic E-state index is -0.437. The van der Waals surface area contributed by atoms with Crippen LogP contribution in [0.25, 0.3) is 10.9 Å². The number of ether oxygens (including phenoxy) is 1. The number of benzene rings is 1. The zero-order chi connectivity index (χ0) is 17.5. The first-order valence-corrected chi connectivity index (χ1v) is 9.29. The van der Waals surface area contributed by atoms with Gasteiger partial charge in [0.2, 0.25) is 0 Å². The second-order valence-electron chi connectivity index (χ2n) is 7.53. The second kappa shape index (κ2) is 8.03. The number of hydrogen-bond acceptors (Lipinski definition) is 2. The number of carbonyl (C=O) groups excluding carboxylic acids is 1. The van der Waals surface area contributed by atoms with Crippen molar-refractivity contribution < 1.29 is 9.53 Å². The number of piperidine rings is 1. The van der Waals surface area contributed by atoms with E-state index in [0.29, 0.717) is 6.04 Å². The Labute approximate surface area is 180 Å². The third kappa shape index (κ3) is 4.62. The fourth-order valence-electron chi connectivity index (χ4n) is 3.46. The van der Waals surface area contributed by atoms with Crippen molar-refractivity contribution in [3.8, 4) is 0 Å². The standard InChI is InChI=1S/C19H25BrN2O2.Na/c1-13-12-15-16(20)6-5-7-17(15)22(13)14-8-10-21(11-9-14)18(23)24-19(2,3)4;/h5-7,12,14H,8-11H2,1-4H3;. The van der Waals surface area contributed by atoms with Crippen molar-refractivity contribution in [3.63, 3.8) is 0 Å². The Hall–Kier alpha value is -0.490. The zero-order valence-electron chi connectivity index (χ0n) is 15.8. The van der Waals surface area contributed by atoms with E-state index in [1.165, 1.54) is 16.6 Å². The molecule has 1 saturated heterocycles. The maximum atomic E-state index is 12.2. The topological polar surface area (TPSA) is 34.5 Å². The van der Waals surface area contributed by atoms with Crippen molar-refractivity contribution in [1.29, 1.82) is 0 Å². The van der Waals surface area contributed by atoms with Crippen LogP contribution >= 0.6 is 15.9 Å². The Kier molecular flexibility index (Phi) is 6.69. The van der Waals surface area contributed by atoms with Crippen LogP contribution in [0.3, 0.4) is 0 Å². The van der Waals surface area contributed by atoms with Crippen LogP contribution in [0.2, 0.25) is 0 Å². The average Bonchev–Trinajstić information content (AvgIpc) is 2.83. The summed E-state index contributed by atoms with van der Waals surface area (Å²) in [5.41, 5.74) is 2.10. The fourth-order valence-corrected chi connectivity index (χ4v) is 3.94. The summed E-state index contributed by atoms with van der Waals surface area (Å²) in [7, 11) is 0. The van der Waals surface area contributed by atoms with Crippen LogP contribution < -0.4 is 0 Å². The number of aryl methyl sites for hydroxylation is 1. The number of likely N-dealkylation sites (tertiary alicyclic amines) is 1. The molecule has 1 aliphatic rings. The second-order valence-corrected chi connectivity index (χ2v) is 8.38. The molecule has 0 saturated carbocycles. The predicted molar refractivity (Wildman–Crippen MR) is 106 cm³/mol. The van der Waals surface area contributed by atoms with Crippen LogP contribution in [-0.2, 0) is 4.74 Å². The van der Waals surface area contributed by atoms with E-state index in [1.807, 2.05) is 25.7 Å². The number of amides is 1. The molecule has 0 aliphatic carbocycles. The molecule has 0 atom stereocenters. The number of rotatable bonds is 1. The molecule has 3 rings (SSSR count). The van der Waals surface area contributed by atoms with Gasteiger partial charge in [0, 0.05) is 69.8 Å². The average molecular weight is 416 g/mol. The maximum Gasteiger partial charge on any atom is 0.410 e. The van der Waals surface area contributed by atoms with Gasteiger partial charge >= 0.3 is 6.09 Å². The van der Waals surface area contributed by atoms with E-state index in [2.05, 4.69) is 51.7 Å². The van der Waals surface area contributed by atoms with Gasteiger partial charge in [0.1, 0.15) is 5.60 Å². The van der Waals surface area contributed by atoms with Gasteiger partial charge in [0.15, 0.2) is 0 Å². The largest absolute Gasteiger partial charge is 0.444 e. The third-order valence-corrected chi connectivity index (χ3v) is 5.20. The van der Waals surface area contributed by atoms with Crippen LogP contribution in [0, 0.1) is 6.92 Å². The van der Waals surface area contributed by atoms with E-state index in [1.54, 1.807) is 0 Å². The summed E-state index contributed by atoms with van der Waals surface area (Å²) in [6.07, 6.45) is 1.71. The summed E-state index contributed by atoms with van der Waals surface area (Å²) in [6.45, 7) is 9.37. The SMILES string of the molecule is Cc1cc2c(Br)cccc2n1C1CCN(C(=O)OC(C)(C)C)CC1.[Na]. The van der Waals surface area contributed by atoms with Gasteiger partial charge in [-0.3, -0.25) is 0 Å². The van der Waals surface area contributed by atoms with Crippen LogP contribution in [0.4, 0.5) is 4.79 Å². The van der Waals surface area contributed by atoms with Gasteiger partial charge in [-0.25, -0.2) is 4.79 Å². The van der Waals surface area contributed by atoms with Gasteiger partial charge in [-0.05, 0) is 58.7 Å². The van der Waals surface area contributed by atoms with E-state index in [4.69, 9.17) is 4.74 Å². The quantitative estimate of drug-likeness (QED) is 0.620. The zero-order valence-corrected chi connectivity index (χ0v) is 19.4. The maximum absolute atomic E-state index is 12.2. The van der Waals surface area contributed by atoms with E-state index < -0.39 is 5.60 Å². The van der Waals surface area contributed by atoms with Crippen LogP contribution in [0.1, 0.15) is 45.3 Å². The molecule has 4 nitrogen and oxygen atoms in total. The Bertz CT molecular complexity index is 759. The van der Waals surface area contributed by atoms with Gasteiger partial charge in [-0.15, -0.1) is 0 Å². The van der Waals surface area contributed by atoms with E-state index in [9.17, 15) is 4.79 Å². The number of hydrogen-bond donors (Lipinski definition) is 0. The molecule has 1 aliphatic heterocycles. The van der Waals surface area contributed by atoms with Crippen molar-refractivity contribution in [2.24, 2.45) is 0 Å². The molecule has 25 heavy (non-hydrogen) atoms. The normalized spacial score (nSPS) is 16.0. The minimum Gasteiger partial charge on any atom is -0.444 e. The molecule has 131 valence electrons. The van der Waals surface area contributed by atoms with Crippen LogP contribution in [0.15, 0.2) is 28.7 Å². The summed E-state index contributed by atoms with van der Waals surface area (Å²) >= 11 is 3.64. The first-order chi connectivity index (χ1) is 11.3. The van der Waals surface area contributed by atoms with Crippen molar-refractivity contribution in [1.82, 2.24) is 9.47 Å². The summed E-state index contributed by atoms with van der Waals surface area (Å²) in [4.78, 5) is 14.1. The van der Waals surface area contributed by atoms with E-state index in [-0.39, 0.29) is 35.7 Å². The van der Waals surface area contributed by atoms with Gasteiger partial charge in [-0.2, -0.15) is 0 Å². The molecule has 1 aromatic heterocycles. The summed E-state index contributed by atoms with van der Waals surface area (Å²) in [6, 6.07) is 9.00. The predicted octanol–water partition coefficient (Wildman–Crippen LogP) is 4.90. The van der Waals surface area contributed by atoms with Crippen molar-refractivity contribution in [2.75, 3.05) is 13.1 Å². The number of nitrogens with zero attached hydrogens (tertiary/aromatic N) is 2. The molecule has 0 spiro atoms. The Morgan fingerprint density at radius 3 is 2.48 bits per heavy atom. The molecule has 2 aromatic rings. The van der Waals surface area contributed by atoms with Gasteiger partial charge in [-0.1, -0.05) is 22.0 Å². The third-order valence-electron chi connectivity index (χ3n) is 4.50. The molecular weight excluding hydrogens is 391 g/mol. The Balaban J connectivity index is 0.00000225. The fraction of sp³-hybridized carbons (Fsp3) is 0.526. The Morgan fingerprint density at radius 2 is 1.88 bits per heavy atom. The molecule has 1 aromatic carbocycles. The van der Waals surface area contributed by atoms with Crippen molar-refractivity contribution in [2.45, 2.75) is 52.2 Å². The molecular formula is C19H25BrN2NaO2. The van der Waals surface area contributed by atoms with Crippen molar-refractivity contribution >= 4 is 62.5 Å². The molecule has 6 heteroatoms. The molecule has 0 bridgehead atoms. The van der Waals surface area contributed by atoms with Crippen molar-refractivity contribution in [3.05, 3.63) is 34.4 Å². The smallest absolute Gasteiger partial charge is 0.410 e. The minimum absolute atomic E-state index is 0. The molecule has 1 radical (unpaired) electrons. The Morgan fingerprint density at radius 1 is 1.24 bits per heavy atom. The summed E-state index contributed by atoms with van der Waals surface area (Å²) in [5, 5.41) is 1.25. The molecule has 0 unspecified atom stereocenters. The molecule has 0 N–H and O–H groups in total. The first-order valence-electron chi connectivity index (χ1n) is 8.50. The van der Waals surface area contributed by atoms with Crippen LogP contribution in [0.5, 0.6) is 0 Å². The molecule has 2 heterocycles. The number of carbonyl (C=O) groups is 1. The first kappa shape index (κ1) is 20.8. The summed E-state index contributed by atoms with van der Waals surface area (Å²) in [5.74, 6) is 0. The van der Waals surface area contributed by atoms with Gasteiger partial charge in [0.05, 0.1) is 0 Å². The number of halogens is 1. The van der Waals surface area contributed by atoms with Gasteiger partial charge in [0.25, 0.3) is 0 Å². The molecule has 1 amide bonds. The molecule has 1 fully saturated rings. The number of aromatic nitrogens is 1. The van der Waals surface area contributed by atoms with E-state index in [0.717, 1.165) is 30.4 Å². The van der Waals surface area contributed by atoms with Gasteiger partial charge < -0.3 is 14.2 Å².